The zero-order valence-electron chi connectivity index (χ0n) is 11.3. The molecular weight excluding hydrogens is 281 g/mol. The van der Waals surface area contributed by atoms with Crippen molar-refractivity contribution in [3.63, 3.8) is 0 Å². The largest absolute Gasteiger partial charge is 0.360 e. The summed E-state index contributed by atoms with van der Waals surface area (Å²) in [5.74, 6) is 1.22. The molecule has 4 heteroatoms. The van der Waals surface area contributed by atoms with Crippen LogP contribution in [0.5, 0.6) is 0 Å². The monoisotopic (exact) mass is 297 g/mol. The maximum absolute atomic E-state index is 6.26. The van der Waals surface area contributed by atoms with Crippen molar-refractivity contribution in [2.24, 2.45) is 0 Å². The normalized spacial score (nSPS) is 11.3. The van der Waals surface area contributed by atoms with Gasteiger partial charge in [0.05, 0.1) is 10.0 Å². The van der Waals surface area contributed by atoms with Crippen LogP contribution in [0.15, 0.2) is 22.7 Å². The van der Waals surface area contributed by atoms with Gasteiger partial charge in [-0.3, -0.25) is 0 Å². The Balaban J connectivity index is 2.62. The number of benzene rings is 1. The molecule has 0 fully saturated rings. The van der Waals surface area contributed by atoms with Crippen molar-refractivity contribution in [3.05, 3.63) is 39.6 Å². The fourth-order valence-corrected chi connectivity index (χ4v) is 2.76. The second-order valence-electron chi connectivity index (χ2n) is 4.88. The molecule has 0 amide bonds. The van der Waals surface area contributed by atoms with Crippen LogP contribution in [0.1, 0.15) is 44.4 Å². The standard InChI is InChI=1S/C15H17Cl2NO/c1-4-6-10-14(18-19-15(10)9(2)3)13-11(16)7-5-8-12(13)17/h5,7-9H,4,6H2,1-3H3. The fourth-order valence-electron chi connectivity index (χ4n) is 2.19. The van der Waals surface area contributed by atoms with Gasteiger partial charge in [-0.15, -0.1) is 0 Å². The highest BCUT2D eigenvalue weighted by Gasteiger charge is 2.22. The Bertz CT molecular complexity index is 555. The summed E-state index contributed by atoms with van der Waals surface area (Å²) in [6.07, 6.45) is 1.93. The maximum atomic E-state index is 6.26. The molecular formula is C15H17Cl2NO. The first-order valence-corrected chi connectivity index (χ1v) is 7.24. The second kappa shape index (κ2) is 5.98. The molecule has 0 aliphatic carbocycles. The molecule has 0 bridgehead atoms. The van der Waals surface area contributed by atoms with Gasteiger partial charge in [-0.1, -0.05) is 61.6 Å². The van der Waals surface area contributed by atoms with Crippen LogP contribution in [0.4, 0.5) is 0 Å². The van der Waals surface area contributed by atoms with E-state index in [9.17, 15) is 0 Å². The molecule has 1 heterocycles. The summed E-state index contributed by atoms with van der Waals surface area (Å²) in [6, 6.07) is 5.47. The van der Waals surface area contributed by atoms with Crippen LogP contribution in [0.3, 0.4) is 0 Å². The van der Waals surface area contributed by atoms with Crippen molar-refractivity contribution in [2.75, 3.05) is 0 Å². The van der Waals surface area contributed by atoms with Gasteiger partial charge in [-0.2, -0.15) is 0 Å². The van der Waals surface area contributed by atoms with Gasteiger partial charge in [0.25, 0.3) is 0 Å². The highest BCUT2D eigenvalue weighted by Crippen LogP contribution is 2.38. The van der Waals surface area contributed by atoms with Gasteiger partial charge in [-0.25, -0.2) is 0 Å². The van der Waals surface area contributed by atoms with Gasteiger partial charge in [0.1, 0.15) is 11.5 Å². The lowest BCUT2D eigenvalue weighted by atomic mass is 9.98. The van der Waals surface area contributed by atoms with Crippen molar-refractivity contribution in [2.45, 2.75) is 39.5 Å². The molecule has 1 aromatic carbocycles. The van der Waals surface area contributed by atoms with Crippen LogP contribution in [0.25, 0.3) is 11.3 Å². The number of rotatable bonds is 4. The summed E-state index contributed by atoms with van der Waals surface area (Å²) in [6.45, 7) is 6.32. The van der Waals surface area contributed by atoms with E-state index in [1.54, 1.807) is 0 Å². The molecule has 0 radical (unpaired) electrons. The van der Waals surface area contributed by atoms with Crippen molar-refractivity contribution in [1.29, 1.82) is 0 Å². The highest BCUT2D eigenvalue weighted by molar-refractivity contribution is 6.39. The summed E-state index contributed by atoms with van der Waals surface area (Å²) in [7, 11) is 0. The first kappa shape index (κ1) is 14.4. The first-order valence-electron chi connectivity index (χ1n) is 6.49. The third kappa shape index (κ3) is 2.80. The van der Waals surface area contributed by atoms with Gasteiger partial charge < -0.3 is 4.52 Å². The number of aromatic nitrogens is 1. The molecule has 2 rings (SSSR count). The fraction of sp³-hybridized carbons (Fsp3) is 0.400. The Morgan fingerprint density at radius 1 is 1.21 bits per heavy atom. The summed E-state index contributed by atoms with van der Waals surface area (Å²) in [5, 5.41) is 5.41. The molecule has 0 atom stereocenters. The Morgan fingerprint density at radius 3 is 2.37 bits per heavy atom. The van der Waals surface area contributed by atoms with E-state index in [2.05, 4.69) is 25.9 Å². The smallest absolute Gasteiger partial charge is 0.143 e. The highest BCUT2D eigenvalue weighted by atomic mass is 35.5. The second-order valence-corrected chi connectivity index (χ2v) is 5.69. The topological polar surface area (TPSA) is 26.0 Å². The Morgan fingerprint density at radius 2 is 1.84 bits per heavy atom. The molecule has 0 aliphatic heterocycles. The van der Waals surface area contributed by atoms with Gasteiger partial charge in [0, 0.05) is 17.0 Å². The molecule has 102 valence electrons. The molecule has 1 aromatic heterocycles. The van der Waals surface area contributed by atoms with E-state index in [4.69, 9.17) is 27.7 Å². The van der Waals surface area contributed by atoms with Crippen molar-refractivity contribution >= 4 is 23.2 Å². The van der Waals surface area contributed by atoms with E-state index < -0.39 is 0 Å². The van der Waals surface area contributed by atoms with Gasteiger partial charge in [-0.05, 0) is 18.6 Å². The van der Waals surface area contributed by atoms with Crippen LogP contribution in [-0.4, -0.2) is 5.16 Å². The minimum atomic E-state index is 0.295. The molecule has 0 spiro atoms. The Kier molecular flexibility index (Phi) is 4.54. The van der Waals surface area contributed by atoms with Crippen LogP contribution in [-0.2, 0) is 6.42 Å². The Labute approximate surface area is 123 Å². The van der Waals surface area contributed by atoms with Crippen molar-refractivity contribution < 1.29 is 4.52 Å². The molecule has 0 saturated carbocycles. The number of hydrogen-bond acceptors (Lipinski definition) is 2. The maximum Gasteiger partial charge on any atom is 0.143 e. The SMILES string of the molecule is CCCc1c(-c2c(Cl)cccc2Cl)noc1C(C)C. The molecule has 2 aromatic rings. The Hall–Kier alpha value is -0.990. The summed E-state index contributed by atoms with van der Waals surface area (Å²) < 4.78 is 5.51. The van der Waals surface area contributed by atoms with E-state index in [0.29, 0.717) is 16.0 Å². The summed E-state index contributed by atoms with van der Waals surface area (Å²) >= 11 is 12.5. The minimum Gasteiger partial charge on any atom is -0.360 e. The van der Waals surface area contributed by atoms with Gasteiger partial charge in [0.2, 0.25) is 0 Å². The lowest BCUT2D eigenvalue weighted by molar-refractivity contribution is 0.371. The third-order valence-electron chi connectivity index (χ3n) is 3.04. The van der Waals surface area contributed by atoms with Crippen LogP contribution < -0.4 is 0 Å². The lowest BCUT2D eigenvalue weighted by Crippen LogP contribution is -1.94. The quantitative estimate of drug-likeness (QED) is 0.721. The average molecular weight is 298 g/mol. The van der Waals surface area contributed by atoms with Crippen LogP contribution >= 0.6 is 23.2 Å². The predicted octanol–water partition coefficient (Wildman–Crippen LogP) is 5.72. The number of hydrogen-bond donors (Lipinski definition) is 0. The third-order valence-corrected chi connectivity index (χ3v) is 3.67. The molecule has 19 heavy (non-hydrogen) atoms. The minimum absolute atomic E-state index is 0.295. The van der Waals surface area contributed by atoms with Crippen molar-refractivity contribution in [3.8, 4) is 11.3 Å². The first-order chi connectivity index (χ1) is 9.06. The molecule has 0 aliphatic rings. The zero-order chi connectivity index (χ0) is 14.0. The van der Waals surface area contributed by atoms with E-state index in [1.807, 2.05) is 18.2 Å². The molecule has 0 N–H and O–H groups in total. The number of nitrogens with zero attached hydrogens (tertiary/aromatic N) is 1. The lowest BCUT2D eigenvalue weighted by Gasteiger charge is -2.07. The van der Waals surface area contributed by atoms with Crippen LogP contribution in [0, 0.1) is 0 Å². The molecule has 2 nitrogen and oxygen atoms in total. The zero-order valence-corrected chi connectivity index (χ0v) is 12.8. The van der Waals surface area contributed by atoms with E-state index in [1.165, 1.54) is 0 Å². The van der Waals surface area contributed by atoms with E-state index in [-0.39, 0.29) is 0 Å². The van der Waals surface area contributed by atoms with Gasteiger partial charge in [0.15, 0.2) is 0 Å². The van der Waals surface area contributed by atoms with Gasteiger partial charge >= 0.3 is 0 Å². The van der Waals surface area contributed by atoms with Crippen LogP contribution in [0.2, 0.25) is 10.0 Å². The van der Waals surface area contributed by atoms with Crippen molar-refractivity contribution in [1.82, 2.24) is 5.16 Å². The van der Waals surface area contributed by atoms with E-state index >= 15 is 0 Å². The average Bonchev–Trinajstić information content (AvgIpc) is 2.73. The predicted molar refractivity (Wildman–Crippen MR) is 80.0 cm³/mol. The molecule has 0 saturated heterocycles. The molecule has 0 unspecified atom stereocenters. The summed E-state index contributed by atoms with van der Waals surface area (Å²) in [4.78, 5) is 0. The van der Waals surface area contributed by atoms with E-state index in [0.717, 1.165) is 35.4 Å². The number of halogens is 2. The summed E-state index contributed by atoms with van der Waals surface area (Å²) in [5.41, 5.74) is 2.67.